The van der Waals surface area contributed by atoms with Gasteiger partial charge in [0.15, 0.2) is 5.75 Å². The van der Waals surface area contributed by atoms with Gasteiger partial charge in [0.2, 0.25) is 10.0 Å². The summed E-state index contributed by atoms with van der Waals surface area (Å²) in [5, 5.41) is 0.362. The molecule has 0 spiro atoms. The minimum atomic E-state index is -3.73. The van der Waals surface area contributed by atoms with E-state index in [2.05, 4.69) is 36.9 Å². The van der Waals surface area contributed by atoms with Crippen molar-refractivity contribution in [3.8, 4) is 5.75 Å². The van der Waals surface area contributed by atoms with E-state index in [-0.39, 0.29) is 20.7 Å². The Morgan fingerprint density at radius 3 is 2.22 bits per heavy atom. The summed E-state index contributed by atoms with van der Waals surface area (Å²) in [7, 11) is -2.34. The number of methoxy groups -OCH3 is 1. The number of hydrogen-bond donors (Lipinski definition) is 0. The van der Waals surface area contributed by atoms with Crippen molar-refractivity contribution in [1.29, 1.82) is 0 Å². The maximum absolute atomic E-state index is 13.1. The maximum atomic E-state index is 13.1. The molecule has 2 aromatic carbocycles. The van der Waals surface area contributed by atoms with Gasteiger partial charge in [0, 0.05) is 31.9 Å². The Balaban J connectivity index is 1.81. The number of benzene rings is 2. The summed E-state index contributed by atoms with van der Waals surface area (Å²) >= 11 is 12.1. The van der Waals surface area contributed by atoms with Crippen LogP contribution in [0.1, 0.15) is 11.1 Å². The SMILES string of the molecule is COc1c(S(=O)(=O)N2CCN(c3ccc(C)c(C)c3)CC2)ccc(Cl)c1Cl. The lowest BCUT2D eigenvalue weighted by molar-refractivity contribution is 0.374. The van der Waals surface area contributed by atoms with E-state index in [9.17, 15) is 8.42 Å². The van der Waals surface area contributed by atoms with Crippen LogP contribution in [0.2, 0.25) is 10.0 Å². The van der Waals surface area contributed by atoms with Gasteiger partial charge in [-0.05, 0) is 49.2 Å². The lowest BCUT2D eigenvalue weighted by Gasteiger charge is -2.35. The Hall–Kier alpha value is -1.47. The van der Waals surface area contributed by atoms with Gasteiger partial charge in [-0.3, -0.25) is 0 Å². The Kier molecular flexibility index (Phi) is 5.91. The van der Waals surface area contributed by atoms with Crippen LogP contribution in [0.25, 0.3) is 0 Å². The van der Waals surface area contributed by atoms with Gasteiger partial charge in [0.05, 0.1) is 12.1 Å². The highest BCUT2D eigenvalue weighted by atomic mass is 35.5. The van der Waals surface area contributed by atoms with Crippen molar-refractivity contribution in [3.05, 3.63) is 51.5 Å². The second-order valence-electron chi connectivity index (χ2n) is 6.55. The first-order chi connectivity index (χ1) is 12.8. The molecule has 0 aromatic heterocycles. The fraction of sp³-hybridized carbons (Fsp3) is 0.368. The highest BCUT2D eigenvalue weighted by Crippen LogP contribution is 2.38. The molecule has 0 radical (unpaired) electrons. The van der Waals surface area contributed by atoms with Gasteiger partial charge in [-0.15, -0.1) is 0 Å². The Bertz CT molecular complexity index is 956. The van der Waals surface area contributed by atoms with Crippen molar-refractivity contribution in [2.75, 3.05) is 38.2 Å². The van der Waals surface area contributed by atoms with Crippen LogP contribution in [-0.2, 0) is 10.0 Å². The molecule has 1 saturated heterocycles. The van der Waals surface area contributed by atoms with Crippen molar-refractivity contribution < 1.29 is 13.2 Å². The molecular weight excluding hydrogens is 407 g/mol. The van der Waals surface area contributed by atoms with E-state index >= 15 is 0 Å². The highest BCUT2D eigenvalue weighted by Gasteiger charge is 2.32. The second-order valence-corrected chi connectivity index (χ2v) is 9.24. The molecule has 1 aliphatic rings. The van der Waals surface area contributed by atoms with Crippen molar-refractivity contribution in [2.24, 2.45) is 0 Å². The molecule has 0 bridgehead atoms. The molecule has 1 fully saturated rings. The third kappa shape index (κ3) is 3.90. The number of anilines is 1. The third-order valence-electron chi connectivity index (χ3n) is 4.93. The minimum Gasteiger partial charge on any atom is -0.494 e. The number of hydrogen-bond acceptors (Lipinski definition) is 4. The molecule has 0 N–H and O–H groups in total. The van der Waals surface area contributed by atoms with Crippen LogP contribution in [-0.4, -0.2) is 46.0 Å². The largest absolute Gasteiger partial charge is 0.494 e. The molecule has 3 rings (SSSR count). The van der Waals surface area contributed by atoms with E-state index in [0.717, 1.165) is 5.69 Å². The predicted molar refractivity (Wildman–Crippen MR) is 110 cm³/mol. The van der Waals surface area contributed by atoms with Crippen LogP contribution < -0.4 is 9.64 Å². The number of nitrogens with zero attached hydrogens (tertiary/aromatic N) is 2. The molecule has 0 aliphatic carbocycles. The number of sulfonamides is 1. The summed E-state index contributed by atoms with van der Waals surface area (Å²) in [6, 6.07) is 9.23. The van der Waals surface area contributed by atoms with Gasteiger partial charge in [0.25, 0.3) is 0 Å². The first-order valence-corrected chi connectivity index (χ1v) is 10.8. The monoisotopic (exact) mass is 428 g/mol. The van der Waals surface area contributed by atoms with E-state index in [0.29, 0.717) is 26.2 Å². The minimum absolute atomic E-state index is 0.0408. The molecule has 2 aromatic rings. The van der Waals surface area contributed by atoms with Crippen LogP contribution >= 0.6 is 23.2 Å². The van der Waals surface area contributed by atoms with E-state index in [4.69, 9.17) is 27.9 Å². The number of aryl methyl sites for hydroxylation is 2. The first-order valence-electron chi connectivity index (χ1n) is 8.60. The van der Waals surface area contributed by atoms with Crippen LogP contribution in [0, 0.1) is 13.8 Å². The summed E-state index contributed by atoms with van der Waals surface area (Å²) in [6.07, 6.45) is 0. The van der Waals surface area contributed by atoms with Gasteiger partial charge in [-0.25, -0.2) is 8.42 Å². The molecule has 0 unspecified atom stereocenters. The molecule has 0 saturated carbocycles. The Labute approximate surface area is 170 Å². The van der Waals surface area contributed by atoms with E-state index in [1.807, 2.05) is 0 Å². The topological polar surface area (TPSA) is 49.9 Å². The first kappa shape index (κ1) is 20.3. The molecule has 0 atom stereocenters. The standard InChI is InChI=1S/C19H22Cl2N2O3S/c1-13-4-5-15(12-14(13)2)22-8-10-23(11-9-22)27(24,25)17-7-6-16(20)18(21)19(17)26-3/h4-7,12H,8-11H2,1-3H3. The average molecular weight is 429 g/mol. The van der Waals surface area contributed by atoms with Gasteiger partial charge >= 0.3 is 0 Å². The zero-order valence-corrected chi connectivity index (χ0v) is 17.8. The molecule has 5 nitrogen and oxygen atoms in total. The third-order valence-corrected chi connectivity index (χ3v) is 7.64. The second kappa shape index (κ2) is 7.87. The molecule has 0 amide bonds. The van der Waals surface area contributed by atoms with Crippen molar-refractivity contribution in [2.45, 2.75) is 18.7 Å². The van der Waals surface area contributed by atoms with Crippen LogP contribution in [0.4, 0.5) is 5.69 Å². The number of piperazine rings is 1. The zero-order valence-electron chi connectivity index (χ0n) is 15.5. The van der Waals surface area contributed by atoms with Gasteiger partial charge in [0.1, 0.15) is 9.92 Å². The summed E-state index contributed by atoms with van der Waals surface area (Å²) < 4.78 is 32.9. The zero-order chi connectivity index (χ0) is 19.8. The molecule has 27 heavy (non-hydrogen) atoms. The van der Waals surface area contributed by atoms with Crippen molar-refractivity contribution in [1.82, 2.24) is 4.31 Å². The molecule has 8 heteroatoms. The van der Waals surface area contributed by atoms with Crippen LogP contribution in [0.3, 0.4) is 0 Å². The maximum Gasteiger partial charge on any atom is 0.246 e. The Morgan fingerprint density at radius 1 is 0.963 bits per heavy atom. The number of rotatable bonds is 4. The fourth-order valence-corrected chi connectivity index (χ4v) is 5.18. The summed E-state index contributed by atoms with van der Waals surface area (Å²) in [6.45, 7) is 6.17. The Morgan fingerprint density at radius 2 is 1.63 bits per heavy atom. The smallest absolute Gasteiger partial charge is 0.246 e. The van der Waals surface area contributed by atoms with Gasteiger partial charge in [-0.1, -0.05) is 29.3 Å². The fourth-order valence-electron chi connectivity index (χ4n) is 3.16. The number of halogens is 2. The summed E-state index contributed by atoms with van der Waals surface area (Å²) in [5.41, 5.74) is 3.58. The lowest BCUT2D eigenvalue weighted by Crippen LogP contribution is -2.48. The quantitative estimate of drug-likeness (QED) is 0.734. The van der Waals surface area contributed by atoms with Gasteiger partial charge < -0.3 is 9.64 Å². The lowest BCUT2D eigenvalue weighted by atomic mass is 10.1. The normalized spacial score (nSPS) is 15.8. The van der Waals surface area contributed by atoms with E-state index in [1.54, 1.807) is 0 Å². The van der Waals surface area contributed by atoms with Crippen molar-refractivity contribution in [3.63, 3.8) is 0 Å². The summed E-state index contributed by atoms with van der Waals surface area (Å²) in [4.78, 5) is 2.24. The van der Waals surface area contributed by atoms with Gasteiger partial charge in [-0.2, -0.15) is 4.31 Å². The molecule has 146 valence electrons. The van der Waals surface area contributed by atoms with E-state index in [1.165, 1.54) is 34.7 Å². The predicted octanol–water partition coefficient (Wildman–Crippen LogP) is 4.13. The van der Waals surface area contributed by atoms with Crippen LogP contribution in [0.15, 0.2) is 35.2 Å². The molecule has 1 aliphatic heterocycles. The molecular formula is C19H22Cl2N2O3S. The van der Waals surface area contributed by atoms with Crippen LogP contribution in [0.5, 0.6) is 5.75 Å². The average Bonchev–Trinajstić information content (AvgIpc) is 2.66. The molecule has 1 heterocycles. The van der Waals surface area contributed by atoms with Crippen molar-refractivity contribution >= 4 is 38.9 Å². The van der Waals surface area contributed by atoms with E-state index < -0.39 is 10.0 Å². The highest BCUT2D eigenvalue weighted by molar-refractivity contribution is 7.89. The summed E-state index contributed by atoms with van der Waals surface area (Å²) in [5.74, 6) is 0.0840. The number of ether oxygens (including phenoxy) is 1.